The molecule has 0 spiro atoms. The van der Waals surface area contributed by atoms with Gasteiger partial charge in [0.25, 0.3) is 0 Å². The maximum absolute atomic E-state index is 12.4. The first-order valence-corrected chi connectivity index (χ1v) is 9.01. The minimum Gasteiger partial charge on any atom is -0.480 e. The Bertz CT molecular complexity index is 942. The fourth-order valence-corrected chi connectivity index (χ4v) is 3.09. The van der Waals surface area contributed by atoms with Gasteiger partial charge in [-0.2, -0.15) is 5.10 Å². The van der Waals surface area contributed by atoms with Crippen LogP contribution in [-0.2, 0) is 4.79 Å². The number of alkyl halides is 3. The highest BCUT2D eigenvalue weighted by atomic mass is 19.4. The Labute approximate surface area is 174 Å². The second-order valence-corrected chi connectivity index (χ2v) is 6.54. The van der Waals surface area contributed by atoms with Gasteiger partial charge in [-0.3, -0.25) is 9.80 Å². The average Bonchev–Trinajstić information content (AvgIpc) is 3.17. The predicted octanol–water partition coefficient (Wildman–Crippen LogP) is 0.780. The molecule has 0 amide bonds. The summed E-state index contributed by atoms with van der Waals surface area (Å²) in [5, 5.41) is 17.1. The summed E-state index contributed by atoms with van der Waals surface area (Å²) in [6, 6.07) is 7.30. The normalized spacial score (nSPS) is 15.2. The topological polar surface area (TPSA) is 147 Å². The lowest BCUT2D eigenvalue weighted by atomic mass is 10.2. The molecular formula is C17H20F3N7O4. The van der Waals surface area contributed by atoms with Crippen molar-refractivity contribution in [1.82, 2.24) is 10.2 Å². The van der Waals surface area contributed by atoms with Crippen molar-refractivity contribution in [2.45, 2.75) is 6.36 Å². The van der Waals surface area contributed by atoms with Crippen molar-refractivity contribution in [3.8, 4) is 5.75 Å². The Morgan fingerprint density at radius 1 is 1.26 bits per heavy atom. The molecule has 0 unspecified atom stereocenters. The third-order valence-corrected chi connectivity index (χ3v) is 4.44. The third-order valence-electron chi connectivity index (χ3n) is 4.44. The molecule has 31 heavy (non-hydrogen) atoms. The monoisotopic (exact) mass is 443 g/mol. The van der Waals surface area contributed by atoms with Crippen molar-refractivity contribution in [1.29, 1.82) is 0 Å². The first-order valence-electron chi connectivity index (χ1n) is 9.01. The summed E-state index contributed by atoms with van der Waals surface area (Å²) in [4.78, 5) is 14.6. The Balaban J connectivity index is 1.63. The van der Waals surface area contributed by atoms with Gasteiger partial charge < -0.3 is 30.0 Å². The summed E-state index contributed by atoms with van der Waals surface area (Å²) in [5.41, 5.74) is 0.604. The van der Waals surface area contributed by atoms with Gasteiger partial charge in [-0.15, -0.1) is 13.2 Å². The molecule has 1 fully saturated rings. The van der Waals surface area contributed by atoms with Crippen LogP contribution in [0.2, 0.25) is 0 Å². The van der Waals surface area contributed by atoms with Gasteiger partial charge in [-0.25, -0.2) is 5.84 Å². The Morgan fingerprint density at radius 2 is 1.94 bits per heavy atom. The highest BCUT2D eigenvalue weighted by molar-refractivity contribution is 5.97. The third kappa shape index (κ3) is 5.69. The fourth-order valence-electron chi connectivity index (χ4n) is 3.09. The van der Waals surface area contributed by atoms with Crippen molar-refractivity contribution in [2.75, 3.05) is 42.5 Å². The number of carbonyl (C=O) groups is 1. The van der Waals surface area contributed by atoms with Gasteiger partial charge in [0, 0.05) is 44.0 Å². The first kappa shape index (κ1) is 22.0. The molecule has 0 atom stereocenters. The van der Waals surface area contributed by atoms with Crippen molar-refractivity contribution >= 4 is 23.3 Å². The minimum atomic E-state index is -4.75. The van der Waals surface area contributed by atoms with E-state index in [1.165, 1.54) is 24.3 Å². The number of piperazine rings is 1. The van der Waals surface area contributed by atoms with Crippen LogP contribution in [0.25, 0.3) is 0 Å². The summed E-state index contributed by atoms with van der Waals surface area (Å²) < 4.78 is 46.5. The molecule has 1 aromatic heterocycles. The molecule has 11 nitrogen and oxygen atoms in total. The lowest BCUT2D eigenvalue weighted by Gasteiger charge is -2.36. The van der Waals surface area contributed by atoms with E-state index < -0.39 is 18.9 Å². The van der Waals surface area contributed by atoms with Crippen LogP contribution in [0, 0.1) is 0 Å². The second kappa shape index (κ2) is 8.99. The van der Waals surface area contributed by atoms with E-state index in [0.717, 1.165) is 5.01 Å². The summed E-state index contributed by atoms with van der Waals surface area (Å²) in [7, 11) is 0. The second-order valence-electron chi connectivity index (χ2n) is 6.54. The maximum Gasteiger partial charge on any atom is 0.573 e. The number of benzene rings is 1. The number of nitrogens with two attached hydrogens (primary N) is 2. The van der Waals surface area contributed by atoms with E-state index in [1.54, 1.807) is 6.07 Å². The van der Waals surface area contributed by atoms with E-state index in [-0.39, 0.29) is 17.3 Å². The number of rotatable bonds is 6. The SMILES string of the molecule is N/N=C(/c1cc(N2CCN(c3cccc(OC(F)(F)F)c3)CC2)no1)N(N)CC(=O)O. The molecule has 0 saturated carbocycles. The smallest absolute Gasteiger partial charge is 0.480 e. The van der Waals surface area contributed by atoms with E-state index in [1.807, 2.05) is 9.80 Å². The van der Waals surface area contributed by atoms with Gasteiger partial charge in [-0.1, -0.05) is 11.2 Å². The number of hydrazone groups is 1. The molecule has 3 rings (SSSR count). The van der Waals surface area contributed by atoms with E-state index in [0.29, 0.717) is 37.7 Å². The average molecular weight is 443 g/mol. The van der Waals surface area contributed by atoms with Crippen LogP contribution in [0.1, 0.15) is 5.76 Å². The van der Waals surface area contributed by atoms with E-state index in [9.17, 15) is 18.0 Å². The van der Waals surface area contributed by atoms with Crippen LogP contribution < -0.4 is 26.2 Å². The summed E-state index contributed by atoms with van der Waals surface area (Å²) in [6.45, 7) is 1.50. The Kier molecular flexibility index (Phi) is 6.39. The van der Waals surface area contributed by atoms with Gasteiger partial charge >= 0.3 is 12.3 Å². The number of aromatic nitrogens is 1. The van der Waals surface area contributed by atoms with Crippen LogP contribution in [0.15, 0.2) is 40.0 Å². The number of aliphatic carboxylic acids is 1. The largest absolute Gasteiger partial charge is 0.573 e. The summed E-state index contributed by atoms with van der Waals surface area (Å²) >= 11 is 0. The molecule has 168 valence electrons. The number of nitrogens with zero attached hydrogens (tertiary/aromatic N) is 5. The number of carboxylic acids is 1. The zero-order valence-corrected chi connectivity index (χ0v) is 16.1. The molecule has 1 aliphatic rings. The Morgan fingerprint density at radius 3 is 2.55 bits per heavy atom. The number of anilines is 2. The first-order chi connectivity index (χ1) is 14.7. The molecule has 2 aromatic rings. The van der Waals surface area contributed by atoms with Crippen LogP contribution >= 0.6 is 0 Å². The fraction of sp³-hybridized carbons (Fsp3) is 0.353. The molecule has 1 aromatic carbocycles. The van der Waals surface area contributed by atoms with Crippen LogP contribution in [0.5, 0.6) is 5.75 Å². The lowest BCUT2D eigenvalue weighted by molar-refractivity contribution is -0.274. The van der Waals surface area contributed by atoms with Gasteiger partial charge in [0.1, 0.15) is 12.3 Å². The molecular weight excluding hydrogens is 423 g/mol. The van der Waals surface area contributed by atoms with Crippen LogP contribution in [0.3, 0.4) is 0 Å². The van der Waals surface area contributed by atoms with Crippen LogP contribution in [0.4, 0.5) is 24.7 Å². The van der Waals surface area contributed by atoms with Crippen LogP contribution in [-0.4, -0.2) is 66.2 Å². The molecule has 14 heteroatoms. The standard InChI is InChI=1S/C17H20F3N7O4/c18-17(19,20)30-12-3-1-2-11(8-12)25-4-6-26(7-5-25)14-9-13(31-24-14)16(23-21)27(22)10-15(28)29/h1-3,8-9H,4-7,10,21-22H2,(H,28,29)/b23-16-. The highest BCUT2D eigenvalue weighted by Crippen LogP contribution is 2.28. The zero-order valence-electron chi connectivity index (χ0n) is 16.1. The number of ether oxygens (including phenoxy) is 1. The number of halogens is 3. The van der Waals surface area contributed by atoms with Gasteiger partial charge in [-0.05, 0) is 12.1 Å². The van der Waals surface area contributed by atoms with E-state index >= 15 is 0 Å². The van der Waals surface area contributed by atoms with E-state index in [4.69, 9.17) is 21.3 Å². The molecule has 0 radical (unpaired) electrons. The molecule has 1 saturated heterocycles. The predicted molar refractivity (Wildman–Crippen MR) is 103 cm³/mol. The Hall–Kier alpha value is -3.68. The molecule has 0 aliphatic carbocycles. The van der Waals surface area contributed by atoms with Gasteiger partial charge in [0.05, 0.1) is 0 Å². The molecule has 0 bridgehead atoms. The van der Waals surface area contributed by atoms with Crippen molar-refractivity contribution in [2.24, 2.45) is 16.8 Å². The molecule has 2 heterocycles. The van der Waals surface area contributed by atoms with Gasteiger partial charge in [0.15, 0.2) is 5.82 Å². The zero-order chi connectivity index (χ0) is 22.6. The summed E-state index contributed by atoms with van der Waals surface area (Å²) in [5.74, 6) is 9.95. The number of carboxylic acid groups (broad SMARTS) is 1. The van der Waals surface area contributed by atoms with Crippen molar-refractivity contribution in [3.05, 3.63) is 36.1 Å². The minimum absolute atomic E-state index is 0.0822. The number of amidine groups is 1. The van der Waals surface area contributed by atoms with Crippen molar-refractivity contribution < 1.29 is 32.3 Å². The molecule has 1 aliphatic heterocycles. The highest BCUT2D eigenvalue weighted by Gasteiger charge is 2.31. The maximum atomic E-state index is 12.4. The summed E-state index contributed by atoms with van der Waals surface area (Å²) in [6.07, 6.45) is -4.75. The van der Waals surface area contributed by atoms with Gasteiger partial charge in [0.2, 0.25) is 11.6 Å². The number of hydrazine groups is 1. The molecule has 5 N–H and O–H groups in total. The van der Waals surface area contributed by atoms with Crippen molar-refractivity contribution in [3.63, 3.8) is 0 Å². The quantitative estimate of drug-likeness (QED) is 0.253. The van der Waals surface area contributed by atoms with E-state index in [2.05, 4.69) is 15.0 Å². The number of hydrogen-bond acceptors (Lipinski definition) is 9. The number of hydrogen-bond donors (Lipinski definition) is 3. The lowest BCUT2D eigenvalue weighted by Crippen LogP contribution is -2.46.